The van der Waals surface area contributed by atoms with E-state index >= 15 is 0 Å². The third-order valence-electron chi connectivity index (χ3n) is 8.35. The highest BCUT2D eigenvalue weighted by Crippen LogP contribution is 2.22. The van der Waals surface area contributed by atoms with Crippen molar-refractivity contribution in [1.82, 2.24) is 5.32 Å². The SMILES string of the molecule is CCC[C@@H]1OC(=O)[C@@H](C)C[C@H](C)CCCCC(=O)CCCC(CC)/C=C/C=C(\C(=O)O)CC[C@@H](O)[C@@H](O)C[C@H](O)CNC1=O. The Hall–Kier alpha value is -2.56. The molecule has 1 aliphatic rings. The zero-order valence-electron chi connectivity index (χ0n) is 27.2. The number of rotatable bonds is 4. The molecule has 0 bridgehead atoms. The summed E-state index contributed by atoms with van der Waals surface area (Å²) in [5, 5.41) is 43.4. The number of carboxylic acid groups (broad SMARTS) is 1. The highest BCUT2D eigenvalue weighted by molar-refractivity contribution is 5.87. The Morgan fingerprint density at radius 1 is 0.932 bits per heavy atom. The first-order chi connectivity index (χ1) is 20.9. The first-order valence-electron chi connectivity index (χ1n) is 16.5. The molecule has 10 nitrogen and oxygen atoms in total. The molecule has 0 aromatic rings. The van der Waals surface area contributed by atoms with Crippen molar-refractivity contribution < 1.29 is 44.3 Å². The van der Waals surface area contributed by atoms with Gasteiger partial charge in [0, 0.05) is 31.4 Å². The Kier molecular flexibility index (Phi) is 19.8. The van der Waals surface area contributed by atoms with Gasteiger partial charge >= 0.3 is 11.9 Å². The molecule has 1 heterocycles. The highest BCUT2D eigenvalue weighted by atomic mass is 16.5. The van der Waals surface area contributed by atoms with Crippen LogP contribution < -0.4 is 5.32 Å². The summed E-state index contributed by atoms with van der Waals surface area (Å²) >= 11 is 0. The van der Waals surface area contributed by atoms with Crippen LogP contribution in [0.2, 0.25) is 0 Å². The second-order valence-electron chi connectivity index (χ2n) is 12.5. The Morgan fingerprint density at radius 2 is 1.64 bits per heavy atom. The zero-order chi connectivity index (χ0) is 33.1. The number of allylic oxidation sites excluding steroid dienone is 3. The van der Waals surface area contributed by atoms with E-state index in [2.05, 4.69) is 12.2 Å². The van der Waals surface area contributed by atoms with E-state index in [0.717, 1.165) is 38.5 Å². The number of cyclic esters (lactones) is 1. The summed E-state index contributed by atoms with van der Waals surface area (Å²) in [5.41, 5.74) is 0.0821. The number of carbonyl (C=O) groups is 4. The van der Waals surface area contributed by atoms with Gasteiger partial charge in [0.1, 0.15) is 5.78 Å². The van der Waals surface area contributed by atoms with Gasteiger partial charge in [0.2, 0.25) is 0 Å². The quantitative estimate of drug-likeness (QED) is 0.280. The number of nitrogens with one attached hydrogen (secondary N) is 1. The lowest BCUT2D eigenvalue weighted by Gasteiger charge is -2.23. The summed E-state index contributed by atoms with van der Waals surface area (Å²) in [6.07, 6.45) is 7.70. The molecule has 1 rings (SSSR count). The van der Waals surface area contributed by atoms with E-state index < -0.39 is 48.2 Å². The van der Waals surface area contributed by atoms with Crippen molar-refractivity contribution >= 4 is 23.6 Å². The normalized spacial score (nSPS) is 32.7. The number of Topliss-reactive ketones (excluding diaryl/α,β-unsaturated/α-hetero) is 1. The molecule has 0 spiro atoms. The van der Waals surface area contributed by atoms with Crippen LogP contribution in [0.15, 0.2) is 23.8 Å². The maximum Gasteiger partial charge on any atom is 0.331 e. The lowest BCUT2D eigenvalue weighted by molar-refractivity contribution is -0.160. The summed E-state index contributed by atoms with van der Waals surface area (Å²) in [6.45, 7) is 7.56. The number of hydrogen-bond acceptors (Lipinski definition) is 8. The van der Waals surface area contributed by atoms with E-state index in [-0.39, 0.29) is 49.0 Å². The van der Waals surface area contributed by atoms with E-state index in [1.807, 2.05) is 19.9 Å². The van der Waals surface area contributed by atoms with E-state index in [4.69, 9.17) is 4.74 Å². The smallest absolute Gasteiger partial charge is 0.331 e. The number of esters is 1. The molecule has 252 valence electrons. The molecule has 0 aromatic heterocycles. The Bertz CT molecular complexity index is 947. The van der Waals surface area contributed by atoms with Gasteiger partial charge in [-0.25, -0.2) is 4.79 Å². The van der Waals surface area contributed by atoms with Gasteiger partial charge in [0.15, 0.2) is 6.10 Å². The fraction of sp³-hybridized carbons (Fsp3) is 0.765. The molecule has 0 fully saturated rings. The van der Waals surface area contributed by atoms with Crippen LogP contribution in [0.5, 0.6) is 0 Å². The molecule has 0 aromatic carbocycles. The van der Waals surface area contributed by atoms with Gasteiger partial charge in [-0.2, -0.15) is 0 Å². The van der Waals surface area contributed by atoms with Crippen molar-refractivity contribution in [3.63, 3.8) is 0 Å². The van der Waals surface area contributed by atoms with Gasteiger partial charge in [0.05, 0.1) is 24.2 Å². The third-order valence-corrected chi connectivity index (χ3v) is 8.35. The molecule has 44 heavy (non-hydrogen) atoms. The molecule has 7 atom stereocenters. The molecule has 1 unspecified atom stereocenters. The Morgan fingerprint density at radius 3 is 2.30 bits per heavy atom. The monoisotopic (exact) mass is 623 g/mol. The summed E-state index contributed by atoms with van der Waals surface area (Å²) in [5.74, 6) is -1.81. The van der Waals surface area contributed by atoms with Crippen LogP contribution in [0.1, 0.15) is 118 Å². The first kappa shape index (κ1) is 39.5. The number of hydrogen-bond donors (Lipinski definition) is 5. The summed E-state index contributed by atoms with van der Waals surface area (Å²) in [6, 6.07) is 0. The number of β-amino-alcohol motifs (C(OH)–C–C–N with tert-alkyl or cyclic N) is 1. The molecule has 0 radical (unpaired) electrons. The fourth-order valence-corrected chi connectivity index (χ4v) is 5.46. The Labute approximate surface area is 263 Å². The average Bonchev–Trinajstić information content (AvgIpc) is 2.97. The summed E-state index contributed by atoms with van der Waals surface area (Å²) in [4.78, 5) is 49.7. The van der Waals surface area contributed by atoms with Crippen LogP contribution in [-0.2, 0) is 23.9 Å². The van der Waals surface area contributed by atoms with E-state index in [0.29, 0.717) is 32.1 Å². The molecular weight excluding hydrogens is 566 g/mol. The van der Waals surface area contributed by atoms with Crippen molar-refractivity contribution in [2.24, 2.45) is 17.8 Å². The number of ketones is 1. The van der Waals surface area contributed by atoms with Gasteiger partial charge in [-0.3, -0.25) is 14.4 Å². The zero-order valence-corrected chi connectivity index (χ0v) is 27.2. The fourth-order valence-electron chi connectivity index (χ4n) is 5.46. The van der Waals surface area contributed by atoms with Gasteiger partial charge in [-0.1, -0.05) is 65.2 Å². The number of aliphatic hydroxyl groups is 3. The number of aliphatic hydroxyl groups excluding tert-OH is 3. The molecule has 0 aliphatic carbocycles. The van der Waals surface area contributed by atoms with Gasteiger partial charge in [0.25, 0.3) is 5.91 Å². The van der Waals surface area contributed by atoms with Crippen molar-refractivity contribution in [2.75, 3.05) is 6.54 Å². The molecule has 10 heteroatoms. The summed E-state index contributed by atoms with van der Waals surface area (Å²) < 4.78 is 5.55. The van der Waals surface area contributed by atoms with Crippen LogP contribution in [-0.4, -0.2) is 75.0 Å². The minimum Gasteiger partial charge on any atom is -0.478 e. The predicted molar refractivity (Wildman–Crippen MR) is 169 cm³/mol. The standard InChI is InChI=1S/C34H57NO9/c1-5-11-31-32(40)35-22-28(37)21-30(39)29(38)19-18-26(33(41)42)15-9-13-25(6-2)14-10-17-27(36)16-8-7-12-23(3)20-24(4)34(43)44-31/h9,13,15,23-25,28-31,37-39H,5-8,10-12,14,16-22H2,1-4H3,(H,35,40)(H,41,42)/b13-9+,26-15-/t23-,24+,25?,28+,29-,30+,31+/m1/s1. The van der Waals surface area contributed by atoms with Gasteiger partial charge in [-0.15, -0.1) is 0 Å². The second kappa shape index (κ2) is 22.0. The van der Waals surface area contributed by atoms with E-state index in [9.17, 15) is 39.6 Å². The molecule has 0 saturated heterocycles. The third kappa shape index (κ3) is 16.5. The Balaban J connectivity index is 2.98. The predicted octanol–water partition coefficient (Wildman–Crippen LogP) is 4.64. The maximum atomic E-state index is 12.8. The van der Waals surface area contributed by atoms with Crippen LogP contribution in [0.3, 0.4) is 0 Å². The first-order valence-corrected chi connectivity index (χ1v) is 16.5. The maximum absolute atomic E-state index is 12.8. The number of amides is 1. The highest BCUT2D eigenvalue weighted by Gasteiger charge is 2.27. The van der Waals surface area contributed by atoms with Crippen molar-refractivity contribution in [3.05, 3.63) is 23.8 Å². The van der Waals surface area contributed by atoms with Crippen molar-refractivity contribution in [3.8, 4) is 0 Å². The number of aliphatic carboxylic acids is 1. The number of ether oxygens (including phenoxy) is 1. The van der Waals surface area contributed by atoms with Crippen LogP contribution in [0, 0.1) is 17.8 Å². The topological polar surface area (TPSA) is 170 Å². The molecular formula is C34H57NO9. The molecule has 0 saturated carbocycles. The summed E-state index contributed by atoms with van der Waals surface area (Å²) in [7, 11) is 0. The van der Waals surface area contributed by atoms with Crippen molar-refractivity contribution in [1.29, 1.82) is 0 Å². The molecule has 5 N–H and O–H groups in total. The van der Waals surface area contributed by atoms with Crippen LogP contribution in [0.4, 0.5) is 0 Å². The van der Waals surface area contributed by atoms with E-state index in [1.165, 1.54) is 6.08 Å². The van der Waals surface area contributed by atoms with Gasteiger partial charge in [-0.05, 0) is 63.2 Å². The molecule has 1 aliphatic heterocycles. The van der Waals surface area contributed by atoms with Crippen LogP contribution in [0.25, 0.3) is 0 Å². The van der Waals surface area contributed by atoms with E-state index in [1.54, 1.807) is 13.0 Å². The minimum atomic E-state index is -1.33. The number of carboxylic acids is 1. The molecule has 1 amide bonds. The second-order valence-corrected chi connectivity index (χ2v) is 12.5. The lowest BCUT2D eigenvalue weighted by atomic mass is 9.92. The van der Waals surface area contributed by atoms with Gasteiger partial charge < -0.3 is 30.5 Å². The minimum absolute atomic E-state index is 0.0112. The largest absolute Gasteiger partial charge is 0.478 e. The average molecular weight is 624 g/mol. The lowest BCUT2D eigenvalue weighted by Crippen LogP contribution is -2.43. The van der Waals surface area contributed by atoms with Crippen LogP contribution >= 0.6 is 0 Å². The van der Waals surface area contributed by atoms with Crippen molar-refractivity contribution in [2.45, 2.75) is 142 Å². The number of carbonyl (C=O) groups excluding carboxylic acids is 3.